The predicted molar refractivity (Wildman–Crippen MR) is 88.1 cm³/mol. The predicted octanol–water partition coefficient (Wildman–Crippen LogP) is 4.76. The lowest BCUT2D eigenvalue weighted by Crippen LogP contribution is -2.24. The van der Waals surface area contributed by atoms with Crippen LogP contribution in [0.2, 0.25) is 0 Å². The summed E-state index contributed by atoms with van der Waals surface area (Å²) in [6.45, 7) is 6.39. The van der Waals surface area contributed by atoms with Gasteiger partial charge >= 0.3 is 0 Å². The van der Waals surface area contributed by atoms with Crippen LogP contribution in [0.25, 0.3) is 0 Å². The molecule has 2 nitrogen and oxygen atoms in total. The number of rotatable bonds is 7. The van der Waals surface area contributed by atoms with E-state index in [0.717, 1.165) is 26.0 Å². The molecular weight excluding hydrogens is 314 g/mol. The summed E-state index contributed by atoms with van der Waals surface area (Å²) in [5.41, 5.74) is 2.69. The molecule has 1 aromatic carbocycles. The lowest BCUT2D eigenvalue weighted by molar-refractivity contribution is 0.0995. The molecule has 1 saturated heterocycles. The number of benzene rings is 1. The second kappa shape index (κ2) is 8.16. The Kier molecular flexibility index (Phi) is 6.53. The van der Waals surface area contributed by atoms with Crippen LogP contribution in [0.5, 0.6) is 0 Å². The molecule has 0 radical (unpaired) electrons. The smallest absolute Gasteiger partial charge is 0.0576 e. The minimum absolute atomic E-state index is 0.424. The molecule has 1 aliphatic heterocycles. The van der Waals surface area contributed by atoms with Gasteiger partial charge in [0.2, 0.25) is 0 Å². The minimum Gasteiger partial charge on any atom is -0.378 e. The van der Waals surface area contributed by atoms with Gasteiger partial charge in [-0.05, 0) is 56.7 Å². The Balaban J connectivity index is 2.03. The molecule has 1 fully saturated rings. The molecule has 0 aromatic heterocycles. The van der Waals surface area contributed by atoms with Gasteiger partial charge in [-0.15, -0.1) is 0 Å². The molecule has 3 heteroatoms. The van der Waals surface area contributed by atoms with Gasteiger partial charge in [-0.2, -0.15) is 0 Å². The monoisotopic (exact) mass is 339 g/mol. The van der Waals surface area contributed by atoms with Crippen molar-refractivity contribution in [1.29, 1.82) is 0 Å². The number of hydrogen-bond acceptors (Lipinski definition) is 2. The molecule has 1 aliphatic rings. The molecule has 2 rings (SSSR count). The summed E-state index contributed by atoms with van der Waals surface area (Å²) in [5.74, 6) is 0. The van der Waals surface area contributed by atoms with Crippen molar-refractivity contribution in [2.24, 2.45) is 0 Å². The van der Waals surface area contributed by atoms with Gasteiger partial charge in [0.05, 0.1) is 6.10 Å². The normalized spacial score (nSPS) is 20.2. The molecule has 0 spiro atoms. The fourth-order valence-electron chi connectivity index (χ4n) is 2.85. The fraction of sp³-hybridized carbons (Fsp3) is 0.647. The van der Waals surface area contributed by atoms with E-state index in [4.69, 9.17) is 4.74 Å². The van der Waals surface area contributed by atoms with E-state index in [-0.39, 0.29) is 0 Å². The molecule has 20 heavy (non-hydrogen) atoms. The van der Waals surface area contributed by atoms with Gasteiger partial charge in [-0.3, -0.25) is 0 Å². The Labute approximate surface area is 131 Å². The Bertz CT molecular complexity index is 415. The Morgan fingerprint density at radius 1 is 1.45 bits per heavy atom. The quantitative estimate of drug-likeness (QED) is 0.773. The number of nitrogens with one attached hydrogen (secondary N) is 1. The zero-order valence-corrected chi connectivity index (χ0v) is 14.2. The summed E-state index contributed by atoms with van der Waals surface area (Å²) in [7, 11) is 0. The average molecular weight is 340 g/mol. The van der Waals surface area contributed by atoms with Crippen LogP contribution in [-0.2, 0) is 4.74 Å². The Hall–Kier alpha value is -0.380. The first-order chi connectivity index (χ1) is 9.72. The number of halogens is 1. The van der Waals surface area contributed by atoms with E-state index in [1.807, 2.05) is 0 Å². The summed E-state index contributed by atoms with van der Waals surface area (Å²) in [4.78, 5) is 0. The van der Waals surface area contributed by atoms with Gasteiger partial charge in [0, 0.05) is 17.1 Å². The highest BCUT2D eigenvalue weighted by molar-refractivity contribution is 9.10. The maximum absolute atomic E-state index is 5.76. The first-order valence-electron chi connectivity index (χ1n) is 7.82. The highest BCUT2D eigenvalue weighted by atomic mass is 79.9. The zero-order valence-electron chi connectivity index (χ0n) is 12.6. The molecule has 112 valence electrons. The molecular formula is C17H26BrNO. The molecule has 1 heterocycles. The number of hydrogen-bond donors (Lipinski definition) is 1. The lowest BCUT2D eigenvalue weighted by atomic mass is 9.97. The SMILES string of the molecule is CCCNC(CCC1CCCO1)c1cccc(C)c1Br. The van der Waals surface area contributed by atoms with Crippen LogP contribution in [0.4, 0.5) is 0 Å². The third kappa shape index (κ3) is 4.31. The molecule has 1 N–H and O–H groups in total. The largest absolute Gasteiger partial charge is 0.378 e. The van der Waals surface area contributed by atoms with E-state index < -0.39 is 0 Å². The van der Waals surface area contributed by atoms with Crippen LogP contribution in [0.1, 0.15) is 56.2 Å². The zero-order chi connectivity index (χ0) is 14.4. The van der Waals surface area contributed by atoms with Crippen molar-refractivity contribution in [3.05, 3.63) is 33.8 Å². The standard InChI is InChI=1S/C17H26BrNO/c1-3-11-19-16(10-9-14-7-5-12-20-14)15-8-4-6-13(2)17(15)18/h4,6,8,14,16,19H,3,5,7,9-12H2,1-2H3. The van der Waals surface area contributed by atoms with Gasteiger partial charge in [-0.25, -0.2) is 0 Å². The maximum Gasteiger partial charge on any atom is 0.0576 e. The topological polar surface area (TPSA) is 21.3 Å². The van der Waals surface area contributed by atoms with Crippen molar-refractivity contribution in [3.8, 4) is 0 Å². The summed E-state index contributed by atoms with van der Waals surface area (Å²) in [6, 6.07) is 6.97. The van der Waals surface area contributed by atoms with Gasteiger partial charge in [0.25, 0.3) is 0 Å². The second-order valence-corrected chi connectivity index (χ2v) is 6.49. The van der Waals surface area contributed by atoms with Gasteiger partial charge < -0.3 is 10.1 Å². The first kappa shape index (κ1) is 16.0. The maximum atomic E-state index is 5.76. The van der Waals surface area contributed by atoms with Crippen molar-refractivity contribution in [1.82, 2.24) is 5.32 Å². The fourth-order valence-corrected chi connectivity index (χ4v) is 3.39. The van der Waals surface area contributed by atoms with Gasteiger partial charge in [0.1, 0.15) is 0 Å². The van der Waals surface area contributed by atoms with Crippen molar-refractivity contribution in [2.45, 2.75) is 58.1 Å². The van der Waals surface area contributed by atoms with Crippen LogP contribution >= 0.6 is 15.9 Å². The Morgan fingerprint density at radius 2 is 2.30 bits per heavy atom. The minimum atomic E-state index is 0.424. The lowest BCUT2D eigenvalue weighted by Gasteiger charge is -2.22. The highest BCUT2D eigenvalue weighted by Gasteiger charge is 2.20. The molecule has 2 atom stereocenters. The van der Waals surface area contributed by atoms with Crippen LogP contribution in [0.15, 0.2) is 22.7 Å². The van der Waals surface area contributed by atoms with E-state index in [1.165, 1.54) is 34.9 Å². The second-order valence-electron chi connectivity index (χ2n) is 5.70. The van der Waals surface area contributed by atoms with E-state index >= 15 is 0 Å². The molecule has 2 unspecified atom stereocenters. The van der Waals surface area contributed by atoms with Gasteiger partial charge in [-0.1, -0.05) is 41.1 Å². The number of ether oxygens (including phenoxy) is 1. The van der Waals surface area contributed by atoms with Crippen molar-refractivity contribution < 1.29 is 4.74 Å². The third-order valence-corrected chi connectivity index (χ3v) is 5.12. The summed E-state index contributed by atoms with van der Waals surface area (Å²) in [5, 5.41) is 3.69. The van der Waals surface area contributed by atoms with E-state index in [2.05, 4.69) is 53.3 Å². The number of aryl methyl sites for hydroxylation is 1. The van der Waals surface area contributed by atoms with E-state index in [1.54, 1.807) is 0 Å². The molecule has 0 aliphatic carbocycles. The highest BCUT2D eigenvalue weighted by Crippen LogP contribution is 2.30. The molecule has 0 amide bonds. The van der Waals surface area contributed by atoms with Crippen molar-refractivity contribution in [2.75, 3.05) is 13.2 Å². The Morgan fingerprint density at radius 3 is 3.00 bits per heavy atom. The molecule has 0 saturated carbocycles. The van der Waals surface area contributed by atoms with E-state index in [0.29, 0.717) is 12.1 Å². The summed E-state index contributed by atoms with van der Waals surface area (Å²) >= 11 is 3.76. The van der Waals surface area contributed by atoms with Crippen LogP contribution < -0.4 is 5.32 Å². The molecule has 0 bridgehead atoms. The van der Waals surface area contributed by atoms with E-state index in [9.17, 15) is 0 Å². The first-order valence-corrected chi connectivity index (χ1v) is 8.61. The average Bonchev–Trinajstić information content (AvgIpc) is 2.96. The molecule has 1 aromatic rings. The van der Waals surface area contributed by atoms with Crippen molar-refractivity contribution in [3.63, 3.8) is 0 Å². The summed E-state index contributed by atoms with van der Waals surface area (Å²) < 4.78 is 7.01. The van der Waals surface area contributed by atoms with Crippen molar-refractivity contribution >= 4 is 15.9 Å². The van der Waals surface area contributed by atoms with Crippen LogP contribution in [0, 0.1) is 6.92 Å². The van der Waals surface area contributed by atoms with Crippen LogP contribution in [0.3, 0.4) is 0 Å². The third-order valence-electron chi connectivity index (χ3n) is 4.04. The van der Waals surface area contributed by atoms with Gasteiger partial charge in [0.15, 0.2) is 0 Å². The van der Waals surface area contributed by atoms with Crippen LogP contribution in [-0.4, -0.2) is 19.3 Å². The summed E-state index contributed by atoms with van der Waals surface area (Å²) in [6.07, 6.45) is 6.40.